The van der Waals surface area contributed by atoms with E-state index >= 15 is 0 Å². The summed E-state index contributed by atoms with van der Waals surface area (Å²) in [6.45, 7) is 1.80. The molecule has 2 N–H and O–H groups in total. The average molecular weight is 221 g/mol. The Hall–Kier alpha value is -1.88. The molecule has 2 rings (SSSR count). The SMILES string of the molecule is CC(N)n1cc(Oc2cccc(F)c2)cn1. The average Bonchev–Trinajstić information content (AvgIpc) is 2.66. The maximum Gasteiger partial charge on any atom is 0.165 e. The quantitative estimate of drug-likeness (QED) is 0.865. The maximum absolute atomic E-state index is 12.9. The molecule has 4 nitrogen and oxygen atoms in total. The Morgan fingerprint density at radius 2 is 2.25 bits per heavy atom. The van der Waals surface area contributed by atoms with Crippen LogP contribution in [0, 0.1) is 5.82 Å². The second-order valence-electron chi connectivity index (χ2n) is 3.46. The largest absolute Gasteiger partial charge is 0.454 e. The van der Waals surface area contributed by atoms with Gasteiger partial charge in [-0.2, -0.15) is 5.10 Å². The van der Waals surface area contributed by atoms with Gasteiger partial charge in [-0.25, -0.2) is 4.39 Å². The van der Waals surface area contributed by atoms with Gasteiger partial charge < -0.3 is 10.5 Å². The molecule has 0 fully saturated rings. The van der Waals surface area contributed by atoms with Crippen molar-refractivity contribution in [2.45, 2.75) is 13.1 Å². The van der Waals surface area contributed by atoms with E-state index in [4.69, 9.17) is 10.5 Å². The molecule has 16 heavy (non-hydrogen) atoms. The second kappa shape index (κ2) is 4.32. The maximum atomic E-state index is 12.9. The van der Waals surface area contributed by atoms with Gasteiger partial charge in [0.05, 0.1) is 18.6 Å². The highest BCUT2D eigenvalue weighted by Crippen LogP contribution is 2.21. The Bertz CT molecular complexity index is 482. The van der Waals surface area contributed by atoms with Crippen LogP contribution in [0.1, 0.15) is 13.1 Å². The van der Waals surface area contributed by atoms with Crippen LogP contribution in [0.15, 0.2) is 36.7 Å². The first-order chi connectivity index (χ1) is 7.65. The summed E-state index contributed by atoms with van der Waals surface area (Å²) < 4.78 is 19.9. The third-order valence-corrected chi connectivity index (χ3v) is 2.03. The highest BCUT2D eigenvalue weighted by Gasteiger charge is 2.04. The molecule has 0 amide bonds. The lowest BCUT2D eigenvalue weighted by molar-refractivity contribution is 0.469. The summed E-state index contributed by atoms with van der Waals surface area (Å²) in [5.74, 6) is 0.629. The first-order valence-corrected chi connectivity index (χ1v) is 4.88. The molecular formula is C11H12FN3O. The van der Waals surface area contributed by atoms with E-state index in [-0.39, 0.29) is 12.0 Å². The van der Waals surface area contributed by atoms with Crippen molar-refractivity contribution in [2.75, 3.05) is 0 Å². The standard InChI is InChI=1S/C11H12FN3O/c1-8(13)15-7-11(6-14-15)16-10-4-2-3-9(12)5-10/h2-8H,13H2,1H3. The summed E-state index contributed by atoms with van der Waals surface area (Å²) in [4.78, 5) is 0. The van der Waals surface area contributed by atoms with E-state index in [2.05, 4.69) is 5.10 Å². The van der Waals surface area contributed by atoms with E-state index in [0.29, 0.717) is 11.5 Å². The fourth-order valence-corrected chi connectivity index (χ4v) is 1.26. The van der Waals surface area contributed by atoms with Gasteiger partial charge >= 0.3 is 0 Å². The highest BCUT2D eigenvalue weighted by atomic mass is 19.1. The molecule has 0 spiro atoms. The molecule has 5 heteroatoms. The number of nitrogens with two attached hydrogens (primary N) is 1. The van der Waals surface area contributed by atoms with Crippen molar-refractivity contribution in [3.05, 3.63) is 42.5 Å². The van der Waals surface area contributed by atoms with Gasteiger partial charge in [0.25, 0.3) is 0 Å². The van der Waals surface area contributed by atoms with Crippen LogP contribution in [0.3, 0.4) is 0 Å². The van der Waals surface area contributed by atoms with E-state index in [9.17, 15) is 4.39 Å². The molecule has 1 heterocycles. The first kappa shape index (κ1) is 10.6. The van der Waals surface area contributed by atoms with Gasteiger partial charge in [-0.15, -0.1) is 0 Å². The van der Waals surface area contributed by atoms with E-state index in [0.717, 1.165) is 0 Å². The Labute approximate surface area is 92.4 Å². The minimum absolute atomic E-state index is 0.218. The molecule has 2 aromatic rings. The van der Waals surface area contributed by atoms with Crippen molar-refractivity contribution in [3.8, 4) is 11.5 Å². The lowest BCUT2D eigenvalue weighted by Crippen LogP contribution is -2.14. The van der Waals surface area contributed by atoms with Crippen LogP contribution in [-0.4, -0.2) is 9.78 Å². The van der Waals surface area contributed by atoms with E-state index < -0.39 is 0 Å². The predicted octanol–water partition coefficient (Wildman–Crippen LogP) is 2.29. The lowest BCUT2D eigenvalue weighted by Gasteiger charge is -2.04. The fraction of sp³-hybridized carbons (Fsp3) is 0.182. The monoisotopic (exact) mass is 221 g/mol. The van der Waals surface area contributed by atoms with E-state index in [1.165, 1.54) is 18.3 Å². The Morgan fingerprint density at radius 3 is 2.88 bits per heavy atom. The summed E-state index contributed by atoms with van der Waals surface area (Å²) in [6.07, 6.45) is 2.98. The minimum atomic E-state index is -0.336. The van der Waals surface area contributed by atoms with Gasteiger partial charge in [-0.3, -0.25) is 4.68 Å². The van der Waals surface area contributed by atoms with Crippen LogP contribution < -0.4 is 10.5 Å². The summed E-state index contributed by atoms with van der Waals surface area (Å²) in [5, 5.41) is 4.01. The summed E-state index contributed by atoms with van der Waals surface area (Å²) in [5.41, 5.74) is 5.63. The number of aromatic nitrogens is 2. The van der Waals surface area contributed by atoms with Crippen LogP contribution in [0.25, 0.3) is 0 Å². The first-order valence-electron chi connectivity index (χ1n) is 4.88. The van der Waals surface area contributed by atoms with Crippen molar-refractivity contribution in [1.29, 1.82) is 0 Å². The molecule has 1 unspecified atom stereocenters. The number of ether oxygens (including phenoxy) is 1. The van der Waals surface area contributed by atoms with Crippen LogP contribution in [0.2, 0.25) is 0 Å². The van der Waals surface area contributed by atoms with Crippen LogP contribution in [0.5, 0.6) is 11.5 Å². The molecule has 0 radical (unpaired) electrons. The van der Waals surface area contributed by atoms with Crippen molar-refractivity contribution in [1.82, 2.24) is 9.78 Å². The third-order valence-electron chi connectivity index (χ3n) is 2.03. The number of benzene rings is 1. The molecule has 0 bridgehead atoms. The van der Waals surface area contributed by atoms with Gasteiger partial charge in [-0.1, -0.05) is 6.07 Å². The highest BCUT2D eigenvalue weighted by molar-refractivity contribution is 5.28. The van der Waals surface area contributed by atoms with E-state index in [1.807, 2.05) is 0 Å². The molecular weight excluding hydrogens is 209 g/mol. The van der Waals surface area contributed by atoms with Gasteiger partial charge in [0.15, 0.2) is 5.75 Å². The topological polar surface area (TPSA) is 53.1 Å². The predicted molar refractivity (Wildman–Crippen MR) is 57.6 cm³/mol. The molecule has 0 saturated carbocycles. The number of rotatable bonds is 3. The molecule has 0 aliphatic heterocycles. The molecule has 1 aromatic carbocycles. The van der Waals surface area contributed by atoms with Crippen LogP contribution >= 0.6 is 0 Å². The lowest BCUT2D eigenvalue weighted by atomic mass is 10.3. The fourth-order valence-electron chi connectivity index (χ4n) is 1.26. The summed E-state index contributed by atoms with van der Waals surface area (Å²) >= 11 is 0. The summed E-state index contributed by atoms with van der Waals surface area (Å²) in [7, 11) is 0. The Morgan fingerprint density at radius 1 is 1.44 bits per heavy atom. The molecule has 1 atom stereocenters. The Kier molecular flexibility index (Phi) is 2.87. The minimum Gasteiger partial charge on any atom is -0.454 e. The zero-order valence-electron chi connectivity index (χ0n) is 8.80. The number of halogens is 1. The second-order valence-corrected chi connectivity index (χ2v) is 3.46. The number of hydrogen-bond donors (Lipinski definition) is 1. The van der Waals surface area contributed by atoms with Gasteiger partial charge in [0.2, 0.25) is 0 Å². The molecule has 84 valence electrons. The zero-order valence-corrected chi connectivity index (χ0v) is 8.80. The zero-order chi connectivity index (χ0) is 11.5. The molecule has 0 saturated heterocycles. The number of nitrogens with zero attached hydrogens (tertiary/aromatic N) is 2. The van der Waals surface area contributed by atoms with Crippen molar-refractivity contribution in [3.63, 3.8) is 0 Å². The molecule has 0 aliphatic carbocycles. The van der Waals surface area contributed by atoms with Crippen molar-refractivity contribution in [2.24, 2.45) is 5.73 Å². The van der Waals surface area contributed by atoms with Crippen LogP contribution in [0.4, 0.5) is 4.39 Å². The van der Waals surface area contributed by atoms with Crippen LogP contribution in [-0.2, 0) is 0 Å². The smallest absolute Gasteiger partial charge is 0.165 e. The normalized spacial score (nSPS) is 12.4. The summed E-state index contributed by atoms with van der Waals surface area (Å²) in [6, 6.07) is 5.92. The molecule has 0 aliphatic rings. The Balaban J connectivity index is 2.14. The van der Waals surface area contributed by atoms with Gasteiger partial charge in [0.1, 0.15) is 11.6 Å². The van der Waals surface area contributed by atoms with Crippen molar-refractivity contribution < 1.29 is 9.13 Å². The third kappa shape index (κ3) is 2.38. The van der Waals surface area contributed by atoms with E-state index in [1.54, 1.807) is 29.9 Å². The van der Waals surface area contributed by atoms with Gasteiger partial charge in [-0.05, 0) is 19.1 Å². The molecule has 1 aromatic heterocycles. The number of hydrogen-bond acceptors (Lipinski definition) is 3. The van der Waals surface area contributed by atoms with Crippen molar-refractivity contribution >= 4 is 0 Å². The van der Waals surface area contributed by atoms with Gasteiger partial charge in [0, 0.05) is 6.07 Å².